The van der Waals surface area contributed by atoms with E-state index in [0.717, 1.165) is 29.7 Å². The second-order valence-electron chi connectivity index (χ2n) is 7.05. The Morgan fingerprint density at radius 3 is 1.82 bits per heavy atom. The number of hydrogen-bond acceptors (Lipinski definition) is 2. The molecular weight excluding hydrogens is 208 g/mol. The normalized spacial score (nSPS) is 29.8. The molecule has 1 N–H and O–H groups in total. The van der Waals surface area contributed by atoms with Gasteiger partial charge in [0.1, 0.15) is 0 Å². The summed E-state index contributed by atoms with van der Waals surface area (Å²) in [6.07, 6.45) is 2.76. The molecule has 0 amide bonds. The predicted octanol–water partition coefficient (Wildman–Crippen LogP) is 2.60. The lowest BCUT2D eigenvalue weighted by atomic mass is 9.94. The summed E-state index contributed by atoms with van der Waals surface area (Å²) in [5, 5.41) is 3.54. The number of hydrogen-bond donors (Lipinski definition) is 1. The number of nitrogens with zero attached hydrogens (tertiary/aromatic N) is 1. The summed E-state index contributed by atoms with van der Waals surface area (Å²) >= 11 is 0. The lowest BCUT2D eigenvalue weighted by molar-refractivity contribution is 0.174. The summed E-state index contributed by atoms with van der Waals surface area (Å²) < 4.78 is 0. The Kier molecular flexibility index (Phi) is 4.48. The van der Waals surface area contributed by atoms with Crippen LogP contribution in [-0.2, 0) is 0 Å². The monoisotopic (exact) mass is 238 g/mol. The average Bonchev–Trinajstić information content (AvgIpc) is 2.73. The Balaban J connectivity index is 1.91. The lowest BCUT2D eigenvalue weighted by Gasteiger charge is -2.31. The number of likely N-dealkylation sites (tertiary alicyclic amines) is 1. The van der Waals surface area contributed by atoms with Gasteiger partial charge in [0.05, 0.1) is 0 Å². The van der Waals surface area contributed by atoms with Crippen molar-refractivity contribution in [3.05, 3.63) is 0 Å². The largest absolute Gasteiger partial charge is 0.316 e. The maximum Gasteiger partial charge on any atom is 0.0100 e. The van der Waals surface area contributed by atoms with Crippen LogP contribution >= 0.6 is 0 Å². The first-order valence-electron chi connectivity index (χ1n) is 7.51. The molecule has 2 atom stereocenters. The fourth-order valence-corrected chi connectivity index (χ4v) is 3.67. The van der Waals surface area contributed by atoms with Crippen molar-refractivity contribution in [3.8, 4) is 0 Å². The third-order valence-electron chi connectivity index (χ3n) is 4.42. The van der Waals surface area contributed by atoms with Crippen LogP contribution in [0.3, 0.4) is 0 Å². The van der Waals surface area contributed by atoms with E-state index < -0.39 is 0 Å². The van der Waals surface area contributed by atoms with Crippen LogP contribution in [0, 0.1) is 23.7 Å². The maximum atomic E-state index is 3.54. The van der Waals surface area contributed by atoms with Crippen LogP contribution in [-0.4, -0.2) is 37.1 Å². The van der Waals surface area contributed by atoms with Crippen LogP contribution in [0.1, 0.15) is 40.5 Å². The summed E-state index contributed by atoms with van der Waals surface area (Å²) in [6.45, 7) is 14.7. The van der Waals surface area contributed by atoms with Crippen molar-refractivity contribution in [2.45, 2.75) is 46.6 Å². The second-order valence-corrected chi connectivity index (χ2v) is 7.05. The van der Waals surface area contributed by atoms with Crippen LogP contribution in [0.4, 0.5) is 0 Å². The van der Waals surface area contributed by atoms with Crippen molar-refractivity contribution in [1.29, 1.82) is 0 Å². The molecule has 2 aliphatic heterocycles. The molecule has 2 heteroatoms. The number of rotatable bonds is 5. The standard InChI is InChI=1S/C15H30N2/c1-11(2)5-15(6-12(3)4)17-9-13-7-16-8-14(13)10-17/h11-16H,5-10H2,1-4H3. The van der Waals surface area contributed by atoms with E-state index in [-0.39, 0.29) is 0 Å². The molecule has 0 radical (unpaired) electrons. The van der Waals surface area contributed by atoms with Gasteiger partial charge in [0.2, 0.25) is 0 Å². The molecular formula is C15H30N2. The molecule has 0 aromatic rings. The van der Waals surface area contributed by atoms with Gasteiger partial charge in [-0.15, -0.1) is 0 Å². The first-order chi connectivity index (χ1) is 8.06. The quantitative estimate of drug-likeness (QED) is 0.792. The predicted molar refractivity (Wildman–Crippen MR) is 74.1 cm³/mol. The van der Waals surface area contributed by atoms with Gasteiger partial charge >= 0.3 is 0 Å². The minimum absolute atomic E-state index is 0.831. The van der Waals surface area contributed by atoms with Crippen LogP contribution in [0.25, 0.3) is 0 Å². The molecule has 0 bridgehead atoms. The van der Waals surface area contributed by atoms with Gasteiger partial charge in [0.25, 0.3) is 0 Å². The van der Waals surface area contributed by atoms with Gasteiger partial charge in [-0.2, -0.15) is 0 Å². The summed E-state index contributed by atoms with van der Waals surface area (Å²) in [5.74, 6) is 3.54. The summed E-state index contributed by atoms with van der Waals surface area (Å²) in [6, 6.07) is 0.834. The zero-order valence-electron chi connectivity index (χ0n) is 12.1. The van der Waals surface area contributed by atoms with Gasteiger partial charge in [0.15, 0.2) is 0 Å². The van der Waals surface area contributed by atoms with E-state index in [1.165, 1.54) is 39.0 Å². The molecule has 2 heterocycles. The molecule has 2 unspecified atom stereocenters. The molecule has 17 heavy (non-hydrogen) atoms. The van der Waals surface area contributed by atoms with E-state index >= 15 is 0 Å². The van der Waals surface area contributed by atoms with Crippen LogP contribution < -0.4 is 5.32 Å². The van der Waals surface area contributed by atoms with Crippen LogP contribution in [0.5, 0.6) is 0 Å². The Labute approximate surface area is 107 Å². The Morgan fingerprint density at radius 2 is 1.41 bits per heavy atom. The van der Waals surface area contributed by atoms with Crippen molar-refractivity contribution < 1.29 is 0 Å². The summed E-state index contributed by atoms with van der Waals surface area (Å²) in [4.78, 5) is 2.80. The highest BCUT2D eigenvalue weighted by molar-refractivity contribution is 4.93. The molecule has 100 valence electrons. The highest BCUT2D eigenvalue weighted by atomic mass is 15.2. The molecule has 2 nitrogen and oxygen atoms in total. The fourth-order valence-electron chi connectivity index (χ4n) is 3.67. The molecule has 0 saturated carbocycles. The minimum atomic E-state index is 0.831. The number of nitrogens with one attached hydrogen (secondary N) is 1. The van der Waals surface area contributed by atoms with E-state index in [0.29, 0.717) is 0 Å². The molecule has 2 rings (SSSR count). The van der Waals surface area contributed by atoms with Crippen molar-refractivity contribution in [2.75, 3.05) is 26.2 Å². The smallest absolute Gasteiger partial charge is 0.0100 e. The Morgan fingerprint density at radius 1 is 0.941 bits per heavy atom. The topological polar surface area (TPSA) is 15.3 Å². The van der Waals surface area contributed by atoms with Crippen molar-refractivity contribution in [3.63, 3.8) is 0 Å². The highest BCUT2D eigenvalue weighted by Gasteiger charge is 2.38. The van der Waals surface area contributed by atoms with Crippen LogP contribution in [0.2, 0.25) is 0 Å². The van der Waals surface area contributed by atoms with Crippen LogP contribution in [0.15, 0.2) is 0 Å². The lowest BCUT2D eigenvalue weighted by Crippen LogP contribution is -2.37. The van der Waals surface area contributed by atoms with Crippen molar-refractivity contribution >= 4 is 0 Å². The molecule has 0 aromatic heterocycles. The third kappa shape index (κ3) is 3.45. The molecule has 2 aliphatic rings. The first-order valence-corrected chi connectivity index (χ1v) is 7.51. The minimum Gasteiger partial charge on any atom is -0.316 e. The van der Waals surface area contributed by atoms with Gasteiger partial charge < -0.3 is 5.32 Å². The van der Waals surface area contributed by atoms with Gasteiger partial charge in [-0.3, -0.25) is 4.90 Å². The van der Waals surface area contributed by atoms with Gasteiger partial charge in [0, 0.05) is 19.1 Å². The maximum absolute atomic E-state index is 3.54. The zero-order chi connectivity index (χ0) is 12.4. The van der Waals surface area contributed by atoms with Gasteiger partial charge in [-0.25, -0.2) is 0 Å². The van der Waals surface area contributed by atoms with Gasteiger partial charge in [-0.05, 0) is 49.6 Å². The van der Waals surface area contributed by atoms with E-state index in [2.05, 4.69) is 37.9 Å². The molecule has 2 fully saturated rings. The zero-order valence-corrected chi connectivity index (χ0v) is 12.1. The van der Waals surface area contributed by atoms with E-state index in [4.69, 9.17) is 0 Å². The van der Waals surface area contributed by atoms with E-state index in [1.807, 2.05) is 0 Å². The highest BCUT2D eigenvalue weighted by Crippen LogP contribution is 2.31. The molecule has 0 aliphatic carbocycles. The second kappa shape index (κ2) is 5.71. The average molecular weight is 238 g/mol. The van der Waals surface area contributed by atoms with E-state index in [9.17, 15) is 0 Å². The summed E-state index contributed by atoms with van der Waals surface area (Å²) in [7, 11) is 0. The summed E-state index contributed by atoms with van der Waals surface area (Å²) in [5.41, 5.74) is 0. The number of fused-ring (bicyclic) bond motifs is 1. The molecule has 2 saturated heterocycles. The Bertz CT molecular complexity index is 215. The first kappa shape index (κ1) is 13.4. The fraction of sp³-hybridized carbons (Fsp3) is 1.00. The van der Waals surface area contributed by atoms with Crippen molar-refractivity contribution in [1.82, 2.24) is 10.2 Å². The third-order valence-corrected chi connectivity index (χ3v) is 4.42. The van der Waals surface area contributed by atoms with Gasteiger partial charge in [-0.1, -0.05) is 27.7 Å². The van der Waals surface area contributed by atoms with E-state index in [1.54, 1.807) is 0 Å². The van der Waals surface area contributed by atoms with Crippen molar-refractivity contribution in [2.24, 2.45) is 23.7 Å². The molecule has 0 spiro atoms. The Hall–Kier alpha value is -0.0800. The molecule has 0 aromatic carbocycles. The SMILES string of the molecule is CC(C)CC(CC(C)C)N1CC2CNCC2C1.